The van der Waals surface area contributed by atoms with Crippen LogP contribution in [0.25, 0.3) is 0 Å². The number of benzene rings is 1. The van der Waals surface area contributed by atoms with E-state index in [1.165, 1.54) is 12.8 Å². The topological polar surface area (TPSA) is 49.6 Å². The maximum Gasteiger partial charge on any atom is 0.269 e. The van der Waals surface area contributed by atoms with Crippen molar-refractivity contribution in [3.63, 3.8) is 0 Å². The summed E-state index contributed by atoms with van der Waals surface area (Å²) in [6.07, 6.45) is 2.33. The molecule has 1 aromatic carbocycles. The minimum Gasteiger partial charge on any atom is -0.371 e. The zero-order chi connectivity index (χ0) is 14.5. The molecule has 0 N–H and O–H groups in total. The summed E-state index contributed by atoms with van der Waals surface area (Å²) in [7, 11) is 0. The number of hydrogen-bond donors (Lipinski definition) is 0. The summed E-state index contributed by atoms with van der Waals surface area (Å²) < 4.78 is 0. The van der Waals surface area contributed by atoms with E-state index < -0.39 is 0 Å². The van der Waals surface area contributed by atoms with Crippen LogP contribution < -0.4 is 4.90 Å². The predicted molar refractivity (Wildman–Crippen MR) is 88.5 cm³/mol. The van der Waals surface area contributed by atoms with Gasteiger partial charge in [0.05, 0.1) is 4.92 Å². The van der Waals surface area contributed by atoms with Gasteiger partial charge in [-0.2, -0.15) is 0 Å². The zero-order valence-electron chi connectivity index (χ0n) is 12.7. The SMILES string of the molecule is CCN(CC)C1CCN(c2ccc([N+](=O)[O-])cc2)CC1.Cl. The second-order valence-electron chi connectivity index (χ2n) is 5.21. The van der Waals surface area contributed by atoms with Gasteiger partial charge in [-0.15, -0.1) is 12.4 Å². The molecule has 21 heavy (non-hydrogen) atoms. The average molecular weight is 314 g/mol. The van der Waals surface area contributed by atoms with Crippen molar-refractivity contribution >= 4 is 23.8 Å². The Hall–Kier alpha value is -1.33. The zero-order valence-corrected chi connectivity index (χ0v) is 13.5. The first-order valence-corrected chi connectivity index (χ1v) is 7.39. The second kappa shape index (κ2) is 8.20. The van der Waals surface area contributed by atoms with Crippen molar-refractivity contribution in [2.45, 2.75) is 32.7 Å². The fourth-order valence-corrected chi connectivity index (χ4v) is 3.01. The quantitative estimate of drug-likeness (QED) is 0.618. The van der Waals surface area contributed by atoms with Gasteiger partial charge in [-0.1, -0.05) is 13.8 Å². The van der Waals surface area contributed by atoms with Crippen LogP contribution in [0, 0.1) is 10.1 Å². The molecule has 1 saturated heterocycles. The van der Waals surface area contributed by atoms with Crippen molar-refractivity contribution in [2.75, 3.05) is 31.1 Å². The first-order valence-electron chi connectivity index (χ1n) is 7.39. The van der Waals surface area contributed by atoms with Gasteiger partial charge in [0.25, 0.3) is 5.69 Å². The van der Waals surface area contributed by atoms with Gasteiger partial charge in [-0.05, 0) is 38.1 Å². The first kappa shape index (κ1) is 17.7. The molecule has 2 rings (SSSR count). The van der Waals surface area contributed by atoms with E-state index in [4.69, 9.17) is 0 Å². The van der Waals surface area contributed by atoms with Crippen molar-refractivity contribution in [1.82, 2.24) is 4.90 Å². The molecular formula is C15H24ClN3O2. The lowest BCUT2D eigenvalue weighted by molar-refractivity contribution is -0.384. The molecule has 0 atom stereocenters. The Morgan fingerprint density at radius 3 is 2.14 bits per heavy atom. The normalized spacial score (nSPS) is 15.9. The highest BCUT2D eigenvalue weighted by Crippen LogP contribution is 2.24. The van der Waals surface area contributed by atoms with E-state index >= 15 is 0 Å². The van der Waals surface area contributed by atoms with E-state index in [1.54, 1.807) is 12.1 Å². The standard InChI is InChI=1S/C15H23N3O2.ClH/c1-3-16(4-2)14-9-11-17(12-10-14)13-5-7-15(8-6-13)18(19)20;/h5-8,14H,3-4,9-12H2,1-2H3;1H. The van der Waals surface area contributed by atoms with E-state index in [2.05, 4.69) is 23.6 Å². The number of piperidine rings is 1. The van der Waals surface area contributed by atoms with Crippen LogP contribution in [0.5, 0.6) is 0 Å². The van der Waals surface area contributed by atoms with Gasteiger partial charge in [0.15, 0.2) is 0 Å². The van der Waals surface area contributed by atoms with E-state index in [1.807, 2.05) is 12.1 Å². The highest BCUT2D eigenvalue weighted by Gasteiger charge is 2.23. The van der Waals surface area contributed by atoms with E-state index in [0.29, 0.717) is 6.04 Å². The molecule has 1 aromatic rings. The maximum absolute atomic E-state index is 10.7. The lowest BCUT2D eigenvalue weighted by Crippen LogP contribution is -2.44. The Morgan fingerprint density at radius 1 is 1.19 bits per heavy atom. The number of halogens is 1. The number of nitro groups is 1. The van der Waals surface area contributed by atoms with Gasteiger partial charge in [0.1, 0.15) is 0 Å². The number of anilines is 1. The fourth-order valence-electron chi connectivity index (χ4n) is 3.01. The van der Waals surface area contributed by atoms with Gasteiger partial charge < -0.3 is 9.80 Å². The van der Waals surface area contributed by atoms with Crippen LogP contribution in [0.3, 0.4) is 0 Å². The third-order valence-electron chi connectivity index (χ3n) is 4.22. The fraction of sp³-hybridized carbons (Fsp3) is 0.600. The van der Waals surface area contributed by atoms with Gasteiger partial charge in [-0.3, -0.25) is 10.1 Å². The Morgan fingerprint density at radius 2 is 1.71 bits per heavy atom. The largest absolute Gasteiger partial charge is 0.371 e. The molecule has 0 spiro atoms. The van der Waals surface area contributed by atoms with Gasteiger partial charge >= 0.3 is 0 Å². The van der Waals surface area contributed by atoms with Crippen LogP contribution in [0.4, 0.5) is 11.4 Å². The molecule has 6 heteroatoms. The summed E-state index contributed by atoms with van der Waals surface area (Å²) in [5.41, 5.74) is 1.25. The maximum atomic E-state index is 10.7. The van der Waals surface area contributed by atoms with Crippen LogP contribution >= 0.6 is 12.4 Å². The molecule has 0 aliphatic carbocycles. The number of nitrogens with zero attached hydrogens (tertiary/aromatic N) is 3. The van der Waals surface area contributed by atoms with Crippen molar-refractivity contribution in [3.05, 3.63) is 34.4 Å². The minimum atomic E-state index is -0.351. The smallest absolute Gasteiger partial charge is 0.269 e. The van der Waals surface area contributed by atoms with Crippen LogP contribution in [0.2, 0.25) is 0 Å². The molecule has 0 radical (unpaired) electrons. The molecule has 0 amide bonds. The summed E-state index contributed by atoms with van der Waals surface area (Å²) in [6.45, 7) is 8.70. The summed E-state index contributed by atoms with van der Waals surface area (Å²) in [4.78, 5) is 15.2. The summed E-state index contributed by atoms with van der Waals surface area (Å²) in [5, 5.41) is 10.7. The number of non-ortho nitro benzene ring substituents is 1. The Kier molecular flexibility index (Phi) is 6.92. The van der Waals surface area contributed by atoms with Crippen molar-refractivity contribution in [1.29, 1.82) is 0 Å². The molecule has 1 aliphatic heterocycles. The van der Waals surface area contributed by atoms with Gasteiger partial charge in [0, 0.05) is 37.0 Å². The second-order valence-corrected chi connectivity index (χ2v) is 5.21. The molecule has 0 aromatic heterocycles. The minimum absolute atomic E-state index is 0. The third-order valence-corrected chi connectivity index (χ3v) is 4.22. The van der Waals surface area contributed by atoms with Gasteiger partial charge in [0.2, 0.25) is 0 Å². The van der Waals surface area contributed by atoms with Gasteiger partial charge in [-0.25, -0.2) is 0 Å². The Balaban J connectivity index is 0.00000220. The van der Waals surface area contributed by atoms with Crippen molar-refractivity contribution < 1.29 is 4.92 Å². The van der Waals surface area contributed by atoms with E-state index in [-0.39, 0.29) is 23.0 Å². The number of hydrogen-bond acceptors (Lipinski definition) is 4. The van der Waals surface area contributed by atoms with Crippen LogP contribution in [-0.4, -0.2) is 42.0 Å². The molecule has 1 aliphatic rings. The van der Waals surface area contributed by atoms with E-state index in [9.17, 15) is 10.1 Å². The van der Waals surface area contributed by atoms with Crippen LogP contribution in [0.1, 0.15) is 26.7 Å². The lowest BCUT2D eigenvalue weighted by atomic mass is 10.0. The van der Waals surface area contributed by atoms with Crippen molar-refractivity contribution in [3.8, 4) is 0 Å². The number of nitro benzene ring substituents is 1. The predicted octanol–water partition coefficient (Wildman–Crippen LogP) is 3.33. The first-order chi connectivity index (χ1) is 9.65. The van der Waals surface area contributed by atoms with Crippen molar-refractivity contribution in [2.24, 2.45) is 0 Å². The van der Waals surface area contributed by atoms with E-state index in [0.717, 1.165) is 31.9 Å². The monoisotopic (exact) mass is 313 g/mol. The molecular weight excluding hydrogens is 290 g/mol. The lowest BCUT2D eigenvalue weighted by Gasteiger charge is -2.38. The molecule has 0 unspecified atom stereocenters. The summed E-state index contributed by atoms with van der Waals surface area (Å²) in [5.74, 6) is 0. The Labute approximate surface area is 132 Å². The van der Waals surface area contributed by atoms with Crippen LogP contribution in [0.15, 0.2) is 24.3 Å². The Bertz CT molecular complexity index is 441. The van der Waals surface area contributed by atoms with Crippen LogP contribution in [-0.2, 0) is 0 Å². The highest BCUT2D eigenvalue weighted by atomic mass is 35.5. The molecule has 118 valence electrons. The summed E-state index contributed by atoms with van der Waals surface area (Å²) in [6, 6.07) is 7.57. The molecule has 1 fully saturated rings. The molecule has 5 nitrogen and oxygen atoms in total. The molecule has 0 bridgehead atoms. The molecule has 0 saturated carbocycles. The average Bonchev–Trinajstić information content (AvgIpc) is 2.49. The summed E-state index contributed by atoms with van der Waals surface area (Å²) >= 11 is 0. The number of rotatable bonds is 5. The third kappa shape index (κ3) is 4.32. The highest BCUT2D eigenvalue weighted by molar-refractivity contribution is 5.85. The molecule has 1 heterocycles.